The minimum atomic E-state index is -0.441. The van der Waals surface area contributed by atoms with Crippen LogP contribution in [0.2, 0.25) is 5.02 Å². The summed E-state index contributed by atoms with van der Waals surface area (Å²) in [6.45, 7) is 0.442. The molecule has 3 aromatic rings. The third-order valence-corrected chi connectivity index (χ3v) is 5.71. The largest absolute Gasteiger partial charge is 0.407 e. The molecule has 148 valence electrons. The predicted octanol–water partition coefficient (Wildman–Crippen LogP) is 4.22. The van der Waals surface area contributed by atoms with Gasteiger partial charge in [0.25, 0.3) is 5.91 Å². The van der Waals surface area contributed by atoms with Crippen molar-refractivity contribution in [2.45, 2.75) is 17.2 Å². The lowest BCUT2D eigenvalue weighted by Crippen LogP contribution is -2.24. The smallest absolute Gasteiger partial charge is 0.322 e. The van der Waals surface area contributed by atoms with Crippen molar-refractivity contribution < 1.29 is 14.0 Å². The van der Waals surface area contributed by atoms with Gasteiger partial charge in [0.2, 0.25) is 11.8 Å². The number of amides is 2. The van der Waals surface area contributed by atoms with Gasteiger partial charge in [-0.15, -0.1) is 16.9 Å². The Morgan fingerprint density at radius 1 is 1.21 bits per heavy atom. The van der Waals surface area contributed by atoms with Gasteiger partial charge >= 0.3 is 6.01 Å². The average Bonchev–Trinajstić information content (AvgIpc) is 3.35. The van der Waals surface area contributed by atoms with E-state index in [1.54, 1.807) is 40.9 Å². The van der Waals surface area contributed by atoms with Crippen molar-refractivity contribution in [3.05, 3.63) is 65.0 Å². The summed E-state index contributed by atoms with van der Waals surface area (Å²) in [4.78, 5) is 27.6. The van der Waals surface area contributed by atoms with Gasteiger partial charge in [0.05, 0.1) is 16.5 Å². The van der Waals surface area contributed by atoms with Crippen LogP contribution in [0.25, 0.3) is 0 Å². The standard InChI is InChI=1S/C20H17ClN4O3S/c1-29-14-8-6-13(7-9-14)25-11-12(10-17(25)26)19-23-24-20(28-19)22-18(27)15-4-2-3-5-16(15)21/h2-9,12H,10-11H2,1H3,(H,22,24,27). The molecule has 2 amide bonds. The zero-order valence-corrected chi connectivity index (χ0v) is 17.0. The molecule has 9 heteroatoms. The van der Waals surface area contributed by atoms with Gasteiger partial charge in [-0.05, 0) is 42.7 Å². The summed E-state index contributed by atoms with van der Waals surface area (Å²) in [5.41, 5.74) is 1.15. The van der Waals surface area contributed by atoms with E-state index in [0.717, 1.165) is 10.6 Å². The number of aromatic nitrogens is 2. The van der Waals surface area contributed by atoms with E-state index in [4.69, 9.17) is 16.0 Å². The molecule has 1 saturated heterocycles. The first kappa shape index (κ1) is 19.5. The molecule has 2 heterocycles. The third-order valence-electron chi connectivity index (χ3n) is 4.64. The molecular formula is C20H17ClN4O3S. The number of rotatable bonds is 5. The molecule has 2 aromatic carbocycles. The van der Waals surface area contributed by atoms with Crippen LogP contribution in [0.4, 0.5) is 11.7 Å². The number of halogens is 1. The third kappa shape index (κ3) is 4.13. The van der Waals surface area contributed by atoms with E-state index in [1.807, 2.05) is 30.5 Å². The van der Waals surface area contributed by atoms with Crippen LogP contribution in [0.1, 0.15) is 28.6 Å². The van der Waals surface area contributed by atoms with Crippen molar-refractivity contribution in [3.8, 4) is 0 Å². The fourth-order valence-corrected chi connectivity index (χ4v) is 3.77. The normalized spacial score (nSPS) is 16.3. The van der Waals surface area contributed by atoms with Gasteiger partial charge in [0.15, 0.2) is 0 Å². The van der Waals surface area contributed by atoms with Gasteiger partial charge in [0, 0.05) is 23.5 Å². The van der Waals surface area contributed by atoms with Gasteiger partial charge in [-0.1, -0.05) is 28.8 Å². The minimum absolute atomic E-state index is 0.00763. The quantitative estimate of drug-likeness (QED) is 0.612. The Morgan fingerprint density at radius 3 is 2.69 bits per heavy atom. The molecule has 1 atom stereocenters. The van der Waals surface area contributed by atoms with Crippen LogP contribution in [-0.4, -0.2) is 34.8 Å². The topological polar surface area (TPSA) is 88.3 Å². The van der Waals surface area contributed by atoms with Crippen LogP contribution in [-0.2, 0) is 4.79 Å². The maximum atomic E-state index is 12.5. The van der Waals surface area contributed by atoms with Crippen molar-refractivity contribution in [1.29, 1.82) is 0 Å². The summed E-state index contributed by atoms with van der Waals surface area (Å²) in [5, 5.41) is 10.8. The van der Waals surface area contributed by atoms with Crippen LogP contribution in [0.5, 0.6) is 0 Å². The summed E-state index contributed by atoms with van der Waals surface area (Å²) in [6, 6.07) is 14.5. The van der Waals surface area contributed by atoms with Gasteiger partial charge in [-0.3, -0.25) is 14.9 Å². The molecule has 0 saturated carbocycles. The van der Waals surface area contributed by atoms with Gasteiger partial charge < -0.3 is 9.32 Å². The molecule has 4 rings (SSSR count). The van der Waals surface area contributed by atoms with Gasteiger partial charge in [-0.2, -0.15) is 0 Å². The fourth-order valence-electron chi connectivity index (χ4n) is 3.14. The Morgan fingerprint density at radius 2 is 1.97 bits per heavy atom. The second-order valence-corrected chi connectivity index (χ2v) is 7.77. The number of thioether (sulfide) groups is 1. The molecule has 0 radical (unpaired) electrons. The zero-order chi connectivity index (χ0) is 20.4. The Kier molecular flexibility index (Phi) is 5.55. The Balaban J connectivity index is 1.45. The number of carbonyl (C=O) groups is 2. The second kappa shape index (κ2) is 8.26. The maximum absolute atomic E-state index is 12.5. The lowest BCUT2D eigenvalue weighted by Gasteiger charge is -2.16. The lowest BCUT2D eigenvalue weighted by molar-refractivity contribution is -0.117. The van der Waals surface area contributed by atoms with Crippen molar-refractivity contribution in [1.82, 2.24) is 10.2 Å². The van der Waals surface area contributed by atoms with Gasteiger partial charge in [-0.25, -0.2) is 0 Å². The molecule has 1 unspecified atom stereocenters. The minimum Gasteiger partial charge on any atom is -0.407 e. The molecule has 1 aliphatic heterocycles. The number of anilines is 2. The highest BCUT2D eigenvalue weighted by molar-refractivity contribution is 7.98. The van der Waals surface area contributed by atoms with Crippen LogP contribution in [0, 0.1) is 0 Å². The van der Waals surface area contributed by atoms with Crippen LogP contribution in [0.3, 0.4) is 0 Å². The molecule has 1 aromatic heterocycles. The van der Waals surface area contributed by atoms with E-state index >= 15 is 0 Å². The molecular weight excluding hydrogens is 412 g/mol. The SMILES string of the molecule is CSc1ccc(N2CC(c3nnc(NC(=O)c4ccccc4Cl)o3)CC2=O)cc1. The highest BCUT2D eigenvalue weighted by Gasteiger charge is 2.35. The molecule has 1 aliphatic rings. The van der Waals surface area contributed by atoms with Crippen molar-refractivity contribution in [3.63, 3.8) is 0 Å². The number of benzene rings is 2. The van der Waals surface area contributed by atoms with E-state index in [9.17, 15) is 9.59 Å². The van der Waals surface area contributed by atoms with Crippen molar-refractivity contribution >= 4 is 46.9 Å². The molecule has 29 heavy (non-hydrogen) atoms. The monoisotopic (exact) mass is 428 g/mol. The Labute approximate surface area is 176 Å². The van der Waals surface area contributed by atoms with Crippen LogP contribution >= 0.6 is 23.4 Å². The first-order valence-electron chi connectivity index (χ1n) is 8.89. The number of carbonyl (C=O) groups excluding carboxylic acids is 2. The molecule has 1 N–H and O–H groups in total. The van der Waals surface area contributed by atoms with E-state index in [-0.39, 0.29) is 24.3 Å². The van der Waals surface area contributed by atoms with Crippen molar-refractivity contribution in [2.24, 2.45) is 0 Å². The highest BCUT2D eigenvalue weighted by Crippen LogP contribution is 2.32. The first-order chi connectivity index (χ1) is 14.0. The van der Waals surface area contributed by atoms with E-state index < -0.39 is 5.91 Å². The fraction of sp³-hybridized carbons (Fsp3) is 0.200. The number of hydrogen-bond donors (Lipinski definition) is 1. The van der Waals surface area contributed by atoms with Crippen molar-refractivity contribution in [2.75, 3.05) is 23.0 Å². The van der Waals surface area contributed by atoms with Crippen LogP contribution < -0.4 is 10.2 Å². The summed E-state index contributed by atoms with van der Waals surface area (Å²) in [7, 11) is 0. The molecule has 1 fully saturated rings. The number of hydrogen-bond acceptors (Lipinski definition) is 6. The molecule has 0 aliphatic carbocycles. The molecule has 0 bridgehead atoms. The number of nitrogens with one attached hydrogen (secondary N) is 1. The maximum Gasteiger partial charge on any atom is 0.322 e. The summed E-state index contributed by atoms with van der Waals surface area (Å²) < 4.78 is 5.59. The second-order valence-electron chi connectivity index (χ2n) is 6.48. The summed E-state index contributed by atoms with van der Waals surface area (Å²) >= 11 is 7.68. The Hall–Kier alpha value is -2.84. The van der Waals surface area contributed by atoms with E-state index in [0.29, 0.717) is 23.0 Å². The molecule has 0 spiro atoms. The summed E-state index contributed by atoms with van der Waals surface area (Å²) in [6.07, 6.45) is 2.27. The molecule has 7 nitrogen and oxygen atoms in total. The first-order valence-corrected chi connectivity index (χ1v) is 10.5. The van der Waals surface area contributed by atoms with E-state index in [2.05, 4.69) is 15.5 Å². The predicted molar refractivity (Wildman–Crippen MR) is 112 cm³/mol. The highest BCUT2D eigenvalue weighted by atomic mass is 35.5. The number of nitrogens with zero attached hydrogens (tertiary/aromatic N) is 3. The van der Waals surface area contributed by atoms with E-state index in [1.165, 1.54) is 0 Å². The lowest BCUT2D eigenvalue weighted by atomic mass is 10.1. The zero-order valence-electron chi connectivity index (χ0n) is 15.5. The average molecular weight is 429 g/mol. The van der Waals surface area contributed by atoms with Crippen LogP contribution in [0.15, 0.2) is 57.8 Å². The summed E-state index contributed by atoms with van der Waals surface area (Å²) in [5.74, 6) is -0.368. The Bertz CT molecular complexity index is 1050. The van der Waals surface area contributed by atoms with Gasteiger partial charge in [0.1, 0.15) is 0 Å².